The fraction of sp³-hybridized carbons (Fsp3) is 0. The van der Waals surface area contributed by atoms with E-state index in [1.54, 1.807) is 0 Å². The molecule has 58 valence electrons. The number of halogens is 2. The third-order valence-corrected chi connectivity index (χ3v) is 1.48. The fourth-order valence-electron chi connectivity index (χ4n) is 0.803. The summed E-state index contributed by atoms with van der Waals surface area (Å²) < 4.78 is 0. The lowest BCUT2D eigenvalue weighted by Crippen LogP contribution is -1.80. The second kappa shape index (κ2) is 4.73. The highest BCUT2D eigenvalue weighted by molar-refractivity contribution is 6.30. The van der Waals surface area contributed by atoms with Crippen LogP contribution in [0.25, 0.3) is 0 Å². The summed E-state index contributed by atoms with van der Waals surface area (Å²) in [5, 5.41) is 4.59. The zero-order valence-corrected chi connectivity index (χ0v) is 7.58. The molecule has 0 saturated heterocycles. The predicted molar refractivity (Wildman–Crippen MR) is 51.9 cm³/mol. The smallest absolute Gasteiger partial charge is 0.0415 e. The van der Waals surface area contributed by atoms with Crippen molar-refractivity contribution in [3.05, 3.63) is 35.4 Å². The van der Waals surface area contributed by atoms with Crippen molar-refractivity contribution in [1.29, 1.82) is 0 Å². The summed E-state index contributed by atoms with van der Waals surface area (Å²) in [4.78, 5) is 0. The van der Waals surface area contributed by atoms with Gasteiger partial charge < -0.3 is 0 Å². The third kappa shape index (κ3) is 2.21. The van der Waals surface area contributed by atoms with Crippen LogP contribution in [0, 0.1) is 22.6 Å². The second-order valence-electron chi connectivity index (χ2n) is 1.98. The van der Waals surface area contributed by atoms with Crippen molar-refractivity contribution in [2.24, 2.45) is 0 Å². The van der Waals surface area contributed by atoms with E-state index in [1.165, 1.54) is 0 Å². The second-order valence-corrected chi connectivity index (χ2v) is 2.36. The lowest BCUT2D eigenvalue weighted by molar-refractivity contribution is 1.59. The molecule has 0 atom stereocenters. The van der Waals surface area contributed by atoms with Gasteiger partial charge in [0.2, 0.25) is 0 Å². The Bertz CT molecular complexity index is 347. The Kier molecular flexibility index (Phi) is 3.55. The van der Waals surface area contributed by atoms with Gasteiger partial charge in [0.15, 0.2) is 0 Å². The summed E-state index contributed by atoms with van der Waals surface area (Å²) in [7, 11) is 0. The van der Waals surface area contributed by atoms with E-state index in [0.717, 1.165) is 11.1 Å². The Morgan fingerprint density at radius 1 is 0.833 bits per heavy atom. The van der Waals surface area contributed by atoms with Crippen LogP contribution in [0.5, 0.6) is 0 Å². The van der Waals surface area contributed by atoms with Crippen LogP contribution < -0.4 is 0 Å². The van der Waals surface area contributed by atoms with Gasteiger partial charge in [0, 0.05) is 21.9 Å². The molecule has 0 radical (unpaired) electrons. The van der Waals surface area contributed by atoms with Crippen LogP contribution in [0.2, 0.25) is 0 Å². The Hall–Kier alpha value is -1.08. The first kappa shape index (κ1) is 9.01. The van der Waals surface area contributed by atoms with E-state index >= 15 is 0 Å². The van der Waals surface area contributed by atoms with Crippen LogP contribution in [0.15, 0.2) is 24.3 Å². The standard InChI is InChI=1S/C10H4Cl2/c11-7-5-9-3-1-2-4-10(9)6-8-12/h1-4H. The maximum absolute atomic E-state index is 5.27. The van der Waals surface area contributed by atoms with Crippen molar-refractivity contribution in [1.82, 2.24) is 0 Å². The van der Waals surface area contributed by atoms with E-state index in [1.807, 2.05) is 24.3 Å². The molecular formula is C10H4Cl2. The Balaban J connectivity index is 3.20. The van der Waals surface area contributed by atoms with Gasteiger partial charge in [-0.25, -0.2) is 0 Å². The average Bonchev–Trinajstić information content (AvgIpc) is 2.09. The van der Waals surface area contributed by atoms with Gasteiger partial charge in [-0.1, -0.05) is 12.1 Å². The highest BCUT2D eigenvalue weighted by Crippen LogP contribution is 2.05. The molecular weight excluding hydrogens is 191 g/mol. The normalized spacial score (nSPS) is 7.50. The summed E-state index contributed by atoms with van der Waals surface area (Å²) in [5.74, 6) is 5.43. The predicted octanol–water partition coefficient (Wildman–Crippen LogP) is 2.78. The molecule has 0 N–H and O–H groups in total. The molecule has 1 aromatic rings. The maximum Gasteiger partial charge on any atom is 0.0415 e. The van der Waals surface area contributed by atoms with E-state index in [0.29, 0.717) is 0 Å². The molecule has 2 heteroatoms. The fourth-order valence-corrected chi connectivity index (χ4v) is 1.01. The lowest BCUT2D eigenvalue weighted by atomic mass is 10.1. The van der Waals surface area contributed by atoms with E-state index in [4.69, 9.17) is 23.2 Å². The monoisotopic (exact) mass is 194 g/mol. The van der Waals surface area contributed by atoms with Gasteiger partial charge in [-0.15, -0.1) is 0 Å². The molecule has 1 rings (SSSR count). The first-order valence-corrected chi connectivity index (χ1v) is 3.96. The van der Waals surface area contributed by atoms with Crippen molar-refractivity contribution in [3.8, 4) is 22.6 Å². The van der Waals surface area contributed by atoms with Crippen molar-refractivity contribution in [2.45, 2.75) is 0 Å². The van der Waals surface area contributed by atoms with E-state index < -0.39 is 0 Å². The Labute approximate surface area is 81.5 Å². The van der Waals surface area contributed by atoms with E-state index in [2.05, 4.69) is 22.6 Å². The molecule has 0 fully saturated rings. The number of rotatable bonds is 0. The highest BCUT2D eigenvalue weighted by atomic mass is 35.5. The zero-order valence-electron chi connectivity index (χ0n) is 6.07. The van der Waals surface area contributed by atoms with Crippen LogP contribution in [0.3, 0.4) is 0 Å². The number of hydrogen-bond acceptors (Lipinski definition) is 0. The van der Waals surface area contributed by atoms with Gasteiger partial charge in [-0.2, -0.15) is 0 Å². The summed E-state index contributed by atoms with van der Waals surface area (Å²) in [5.41, 5.74) is 1.58. The molecule has 0 aliphatic rings. The Morgan fingerprint density at radius 2 is 1.25 bits per heavy atom. The first-order valence-electron chi connectivity index (χ1n) is 3.21. The van der Waals surface area contributed by atoms with E-state index in [-0.39, 0.29) is 0 Å². The Morgan fingerprint density at radius 3 is 1.58 bits per heavy atom. The van der Waals surface area contributed by atoms with Crippen LogP contribution in [0.1, 0.15) is 11.1 Å². The molecule has 0 saturated carbocycles. The van der Waals surface area contributed by atoms with Gasteiger partial charge in [0.1, 0.15) is 0 Å². The van der Waals surface area contributed by atoms with Gasteiger partial charge in [-0.3, -0.25) is 0 Å². The molecule has 1 aromatic carbocycles. The molecule has 0 nitrogen and oxygen atoms in total. The van der Waals surface area contributed by atoms with Gasteiger partial charge in [0.05, 0.1) is 0 Å². The number of benzene rings is 1. The molecule has 0 amide bonds. The molecule has 0 unspecified atom stereocenters. The minimum absolute atomic E-state index is 0.792. The van der Waals surface area contributed by atoms with Crippen molar-refractivity contribution < 1.29 is 0 Å². The molecule has 0 spiro atoms. The largest absolute Gasteiger partial charge is 0.0609 e. The molecule has 12 heavy (non-hydrogen) atoms. The minimum atomic E-state index is 0.792. The highest BCUT2D eigenvalue weighted by Gasteiger charge is 1.92. The van der Waals surface area contributed by atoms with Crippen molar-refractivity contribution in [3.63, 3.8) is 0 Å². The summed E-state index contributed by atoms with van der Waals surface area (Å²) in [6, 6.07) is 7.42. The third-order valence-electron chi connectivity index (χ3n) is 1.29. The summed E-state index contributed by atoms with van der Waals surface area (Å²) in [6.45, 7) is 0. The zero-order chi connectivity index (χ0) is 8.81. The average molecular weight is 195 g/mol. The molecule has 0 aliphatic carbocycles. The summed E-state index contributed by atoms with van der Waals surface area (Å²) in [6.07, 6.45) is 0. The van der Waals surface area contributed by atoms with Gasteiger partial charge in [-0.05, 0) is 47.2 Å². The van der Waals surface area contributed by atoms with Crippen LogP contribution in [-0.2, 0) is 0 Å². The van der Waals surface area contributed by atoms with Crippen molar-refractivity contribution in [2.75, 3.05) is 0 Å². The van der Waals surface area contributed by atoms with Gasteiger partial charge in [0.25, 0.3) is 0 Å². The summed E-state index contributed by atoms with van der Waals surface area (Å²) >= 11 is 10.5. The SMILES string of the molecule is ClC#Cc1ccccc1C#CCl. The van der Waals surface area contributed by atoms with Crippen LogP contribution in [0.4, 0.5) is 0 Å². The minimum Gasteiger partial charge on any atom is -0.0609 e. The maximum atomic E-state index is 5.27. The molecule has 0 heterocycles. The molecule has 0 bridgehead atoms. The van der Waals surface area contributed by atoms with Gasteiger partial charge >= 0.3 is 0 Å². The molecule has 0 aromatic heterocycles. The lowest BCUT2D eigenvalue weighted by Gasteiger charge is -1.92. The number of hydrogen-bond donors (Lipinski definition) is 0. The first-order chi connectivity index (χ1) is 5.88. The van der Waals surface area contributed by atoms with Crippen molar-refractivity contribution >= 4 is 23.2 Å². The topological polar surface area (TPSA) is 0 Å². The quantitative estimate of drug-likeness (QED) is 0.558. The molecule has 0 aliphatic heterocycles. The van der Waals surface area contributed by atoms with E-state index in [9.17, 15) is 0 Å². The van der Waals surface area contributed by atoms with Crippen LogP contribution in [-0.4, -0.2) is 0 Å². The van der Waals surface area contributed by atoms with Crippen LogP contribution >= 0.6 is 23.2 Å².